The fourth-order valence-corrected chi connectivity index (χ4v) is 3.36. The van der Waals surface area contributed by atoms with Crippen LogP contribution in [0, 0.1) is 0 Å². The highest BCUT2D eigenvalue weighted by Crippen LogP contribution is 2.31. The first-order valence-electron chi connectivity index (χ1n) is 5.97. The van der Waals surface area contributed by atoms with Crippen LogP contribution in [-0.4, -0.2) is 37.0 Å². The summed E-state index contributed by atoms with van der Waals surface area (Å²) in [6.45, 7) is 5.47. The number of rotatable bonds is 3. The van der Waals surface area contributed by atoms with E-state index >= 15 is 0 Å². The Bertz CT molecular complexity index is 388. The summed E-state index contributed by atoms with van der Waals surface area (Å²) in [5, 5.41) is 3.26. The van der Waals surface area contributed by atoms with Gasteiger partial charge in [0.25, 0.3) is 0 Å². The van der Waals surface area contributed by atoms with Crippen molar-refractivity contribution in [2.24, 2.45) is 0 Å². The van der Waals surface area contributed by atoms with Crippen LogP contribution < -0.4 is 5.32 Å². The number of carbonyl (C=O) groups excluding carboxylic acids is 1. The first-order valence-corrected chi connectivity index (χ1v) is 7.16. The molecule has 1 saturated heterocycles. The standard InChI is InChI=1S/C12H17ClN2OS/c1-2-9(10-3-4-11(13)17-10)12(16)15-7-5-14-6-8-15/h3-4,9,14H,2,5-8H2,1H3. The van der Waals surface area contributed by atoms with Crippen LogP contribution in [0.1, 0.15) is 24.1 Å². The van der Waals surface area contributed by atoms with Gasteiger partial charge in [-0.25, -0.2) is 0 Å². The van der Waals surface area contributed by atoms with Crippen molar-refractivity contribution >= 4 is 28.8 Å². The van der Waals surface area contributed by atoms with Gasteiger partial charge in [0, 0.05) is 31.1 Å². The van der Waals surface area contributed by atoms with E-state index in [0.717, 1.165) is 41.8 Å². The Morgan fingerprint density at radius 1 is 1.53 bits per heavy atom. The normalized spacial score (nSPS) is 18.1. The molecule has 0 spiro atoms. The van der Waals surface area contributed by atoms with Crippen LogP contribution in [0.4, 0.5) is 0 Å². The van der Waals surface area contributed by atoms with Crippen molar-refractivity contribution in [3.05, 3.63) is 21.3 Å². The minimum absolute atomic E-state index is 0.0226. The molecule has 0 radical (unpaired) electrons. The van der Waals surface area contributed by atoms with Crippen molar-refractivity contribution in [3.63, 3.8) is 0 Å². The molecule has 1 aromatic heterocycles. The maximum atomic E-state index is 12.4. The summed E-state index contributed by atoms with van der Waals surface area (Å²) < 4.78 is 0.756. The van der Waals surface area contributed by atoms with E-state index in [1.54, 1.807) is 0 Å². The molecule has 0 bridgehead atoms. The number of thiophene rings is 1. The predicted octanol–water partition coefficient (Wildman–Crippen LogP) is 2.33. The lowest BCUT2D eigenvalue weighted by Gasteiger charge is -2.30. The van der Waals surface area contributed by atoms with Crippen molar-refractivity contribution in [3.8, 4) is 0 Å². The largest absolute Gasteiger partial charge is 0.340 e. The molecule has 94 valence electrons. The van der Waals surface area contributed by atoms with E-state index in [-0.39, 0.29) is 11.8 Å². The summed E-state index contributed by atoms with van der Waals surface area (Å²) in [6, 6.07) is 3.84. The van der Waals surface area contributed by atoms with Gasteiger partial charge in [-0.15, -0.1) is 11.3 Å². The van der Waals surface area contributed by atoms with Crippen LogP contribution in [0.3, 0.4) is 0 Å². The van der Waals surface area contributed by atoms with Crippen molar-refractivity contribution in [1.29, 1.82) is 0 Å². The van der Waals surface area contributed by atoms with E-state index in [0.29, 0.717) is 0 Å². The van der Waals surface area contributed by atoms with E-state index in [2.05, 4.69) is 12.2 Å². The molecule has 0 aliphatic carbocycles. The number of nitrogens with one attached hydrogen (secondary N) is 1. The third kappa shape index (κ3) is 3.00. The Kier molecular flexibility index (Phi) is 4.42. The molecule has 1 atom stereocenters. The summed E-state index contributed by atoms with van der Waals surface area (Å²) in [6.07, 6.45) is 0.833. The zero-order chi connectivity index (χ0) is 12.3. The number of halogens is 1. The van der Waals surface area contributed by atoms with Gasteiger partial charge in [-0.3, -0.25) is 4.79 Å². The Hall–Kier alpha value is -0.580. The van der Waals surface area contributed by atoms with Crippen LogP contribution in [0.25, 0.3) is 0 Å². The van der Waals surface area contributed by atoms with E-state index < -0.39 is 0 Å². The molecular weight excluding hydrogens is 256 g/mol. The highest BCUT2D eigenvalue weighted by Gasteiger charge is 2.26. The topological polar surface area (TPSA) is 32.3 Å². The molecule has 2 rings (SSSR count). The molecule has 0 saturated carbocycles. The molecule has 2 heterocycles. The Morgan fingerprint density at radius 3 is 2.76 bits per heavy atom. The summed E-state index contributed by atoms with van der Waals surface area (Å²) in [4.78, 5) is 15.4. The van der Waals surface area contributed by atoms with Gasteiger partial charge >= 0.3 is 0 Å². The van der Waals surface area contributed by atoms with Gasteiger partial charge < -0.3 is 10.2 Å². The zero-order valence-corrected chi connectivity index (χ0v) is 11.5. The summed E-state index contributed by atoms with van der Waals surface area (Å²) in [7, 11) is 0. The van der Waals surface area contributed by atoms with Gasteiger partial charge in [0.1, 0.15) is 0 Å². The zero-order valence-electron chi connectivity index (χ0n) is 9.91. The SMILES string of the molecule is CCC(C(=O)N1CCNCC1)c1ccc(Cl)s1. The van der Waals surface area contributed by atoms with Crippen LogP contribution in [0.2, 0.25) is 4.34 Å². The van der Waals surface area contributed by atoms with Gasteiger partial charge in [-0.05, 0) is 18.6 Å². The van der Waals surface area contributed by atoms with E-state index in [9.17, 15) is 4.79 Å². The van der Waals surface area contributed by atoms with Crippen LogP contribution >= 0.6 is 22.9 Å². The third-order valence-electron chi connectivity index (χ3n) is 3.07. The highest BCUT2D eigenvalue weighted by atomic mass is 35.5. The van der Waals surface area contributed by atoms with E-state index in [4.69, 9.17) is 11.6 Å². The second kappa shape index (κ2) is 5.85. The maximum Gasteiger partial charge on any atom is 0.231 e. The molecule has 1 aromatic rings. The lowest BCUT2D eigenvalue weighted by molar-refractivity contribution is -0.133. The second-order valence-corrected chi connectivity index (χ2v) is 5.92. The van der Waals surface area contributed by atoms with Gasteiger partial charge in [0.15, 0.2) is 0 Å². The molecule has 5 heteroatoms. The summed E-state index contributed by atoms with van der Waals surface area (Å²) >= 11 is 7.45. The van der Waals surface area contributed by atoms with E-state index in [1.165, 1.54) is 11.3 Å². The molecule has 0 aromatic carbocycles. The highest BCUT2D eigenvalue weighted by molar-refractivity contribution is 7.16. The fourth-order valence-electron chi connectivity index (χ4n) is 2.12. The number of amides is 1. The van der Waals surface area contributed by atoms with Crippen LogP contribution in [-0.2, 0) is 4.79 Å². The first kappa shape index (κ1) is 12.9. The Balaban J connectivity index is 2.09. The average Bonchev–Trinajstić information content (AvgIpc) is 2.78. The lowest BCUT2D eigenvalue weighted by atomic mass is 10.0. The number of hydrogen-bond donors (Lipinski definition) is 1. The molecule has 1 aliphatic heterocycles. The van der Waals surface area contributed by atoms with Gasteiger partial charge in [-0.1, -0.05) is 18.5 Å². The minimum atomic E-state index is -0.0226. The van der Waals surface area contributed by atoms with Crippen molar-refractivity contribution < 1.29 is 4.79 Å². The summed E-state index contributed by atoms with van der Waals surface area (Å²) in [5.41, 5.74) is 0. The molecule has 1 aliphatic rings. The molecular formula is C12H17ClN2OS. The number of hydrogen-bond acceptors (Lipinski definition) is 3. The Morgan fingerprint density at radius 2 is 2.24 bits per heavy atom. The van der Waals surface area contributed by atoms with Gasteiger partial charge in [0.05, 0.1) is 10.3 Å². The Labute approximate surface area is 111 Å². The maximum absolute atomic E-state index is 12.4. The monoisotopic (exact) mass is 272 g/mol. The van der Waals surface area contributed by atoms with Gasteiger partial charge in [0.2, 0.25) is 5.91 Å². The van der Waals surface area contributed by atoms with E-state index in [1.807, 2.05) is 17.0 Å². The third-order valence-corrected chi connectivity index (χ3v) is 4.42. The smallest absolute Gasteiger partial charge is 0.231 e. The molecule has 3 nitrogen and oxygen atoms in total. The first-order chi connectivity index (χ1) is 8.22. The average molecular weight is 273 g/mol. The number of carbonyl (C=O) groups is 1. The molecule has 1 unspecified atom stereocenters. The molecule has 1 fully saturated rings. The lowest BCUT2D eigenvalue weighted by Crippen LogP contribution is -2.47. The number of nitrogens with zero attached hydrogens (tertiary/aromatic N) is 1. The quantitative estimate of drug-likeness (QED) is 0.916. The van der Waals surface area contributed by atoms with Gasteiger partial charge in [-0.2, -0.15) is 0 Å². The fraction of sp³-hybridized carbons (Fsp3) is 0.583. The van der Waals surface area contributed by atoms with Crippen molar-refractivity contribution in [1.82, 2.24) is 10.2 Å². The van der Waals surface area contributed by atoms with Crippen LogP contribution in [0.5, 0.6) is 0 Å². The van der Waals surface area contributed by atoms with Crippen molar-refractivity contribution in [2.45, 2.75) is 19.3 Å². The molecule has 1 amide bonds. The van der Waals surface area contributed by atoms with Crippen molar-refractivity contribution in [2.75, 3.05) is 26.2 Å². The number of piperazine rings is 1. The second-order valence-electron chi connectivity index (χ2n) is 4.18. The van der Waals surface area contributed by atoms with Crippen LogP contribution in [0.15, 0.2) is 12.1 Å². The predicted molar refractivity (Wildman–Crippen MR) is 71.8 cm³/mol. The molecule has 17 heavy (non-hydrogen) atoms. The minimum Gasteiger partial charge on any atom is -0.340 e. The molecule has 1 N–H and O–H groups in total. The summed E-state index contributed by atoms with van der Waals surface area (Å²) in [5.74, 6) is 0.220.